The first-order valence-corrected chi connectivity index (χ1v) is 7.48. The highest BCUT2D eigenvalue weighted by atomic mass is 19.2. The quantitative estimate of drug-likeness (QED) is 0.942. The zero-order valence-electron chi connectivity index (χ0n) is 12.5. The smallest absolute Gasteiger partial charge is 0.255 e. The van der Waals surface area contributed by atoms with Crippen LogP contribution in [-0.4, -0.2) is 28.9 Å². The van der Waals surface area contributed by atoms with E-state index in [9.17, 15) is 13.6 Å². The first-order valence-electron chi connectivity index (χ1n) is 7.48. The van der Waals surface area contributed by atoms with Gasteiger partial charge in [-0.25, -0.2) is 8.78 Å². The zero-order valence-corrected chi connectivity index (χ0v) is 12.5. The van der Waals surface area contributed by atoms with Crippen LogP contribution in [0.2, 0.25) is 0 Å². The molecule has 2 heterocycles. The van der Waals surface area contributed by atoms with Crippen LogP contribution in [0.4, 0.5) is 14.5 Å². The number of benzene rings is 1. The summed E-state index contributed by atoms with van der Waals surface area (Å²) < 4.78 is 33.1. The first kappa shape index (κ1) is 15.6. The average Bonchev–Trinajstić information content (AvgIpc) is 2.98. The van der Waals surface area contributed by atoms with Crippen molar-refractivity contribution < 1.29 is 18.3 Å². The number of amides is 1. The van der Waals surface area contributed by atoms with Crippen LogP contribution in [0.25, 0.3) is 0 Å². The Kier molecular flexibility index (Phi) is 4.66. The normalized spacial score (nSPS) is 15.6. The second kappa shape index (κ2) is 6.87. The molecule has 23 heavy (non-hydrogen) atoms. The number of halogens is 2. The molecular formula is C16H17F2N3O2. The van der Waals surface area contributed by atoms with Crippen molar-refractivity contribution in [3.8, 4) is 0 Å². The van der Waals surface area contributed by atoms with Crippen molar-refractivity contribution in [1.82, 2.24) is 9.78 Å². The highest BCUT2D eigenvalue weighted by molar-refractivity contribution is 6.04. The molecule has 1 aliphatic rings. The van der Waals surface area contributed by atoms with Gasteiger partial charge in [0, 0.05) is 31.5 Å². The number of anilines is 1. The topological polar surface area (TPSA) is 56.2 Å². The number of nitrogens with one attached hydrogen (secondary N) is 1. The monoisotopic (exact) mass is 321 g/mol. The van der Waals surface area contributed by atoms with Crippen LogP contribution in [0.15, 0.2) is 30.6 Å². The van der Waals surface area contributed by atoms with Gasteiger partial charge >= 0.3 is 0 Å². The summed E-state index contributed by atoms with van der Waals surface area (Å²) in [6, 6.07) is 3.04. The van der Waals surface area contributed by atoms with E-state index in [2.05, 4.69) is 10.4 Å². The van der Waals surface area contributed by atoms with Crippen LogP contribution in [0.5, 0.6) is 0 Å². The summed E-state index contributed by atoms with van der Waals surface area (Å²) >= 11 is 0. The number of hydrogen-bond donors (Lipinski definition) is 1. The maximum absolute atomic E-state index is 13.2. The van der Waals surface area contributed by atoms with Crippen LogP contribution in [0, 0.1) is 17.6 Å². The van der Waals surface area contributed by atoms with Gasteiger partial charge < -0.3 is 10.1 Å². The number of ether oxygens (including phenoxy) is 1. The van der Waals surface area contributed by atoms with E-state index in [1.165, 1.54) is 12.3 Å². The number of hydrogen-bond acceptors (Lipinski definition) is 3. The largest absolute Gasteiger partial charge is 0.381 e. The van der Waals surface area contributed by atoms with E-state index in [-0.39, 0.29) is 5.56 Å². The van der Waals surface area contributed by atoms with Gasteiger partial charge in [-0.05, 0) is 37.0 Å². The van der Waals surface area contributed by atoms with Gasteiger partial charge in [0.2, 0.25) is 0 Å². The SMILES string of the molecule is O=C(Nc1cnn(CC2CCOCC2)c1)c1ccc(F)c(F)c1. The zero-order chi connectivity index (χ0) is 16.2. The lowest BCUT2D eigenvalue weighted by molar-refractivity contribution is 0.0601. The number of aromatic nitrogens is 2. The van der Waals surface area contributed by atoms with E-state index in [1.54, 1.807) is 10.9 Å². The Bertz CT molecular complexity index is 696. The molecule has 0 bridgehead atoms. The first-order chi connectivity index (χ1) is 11.1. The minimum Gasteiger partial charge on any atom is -0.381 e. The Morgan fingerprint density at radius 1 is 1.30 bits per heavy atom. The van der Waals surface area contributed by atoms with Crippen molar-refractivity contribution in [2.45, 2.75) is 19.4 Å². The molecule has 1 aliphatic heterocycles. The van der Waals surface area contributed by atoms with Crippen LogP contribution >= 0.6 is 0 Å². The van der Waals surface area contributed by atoms with Crippen molar-refractivity contribution in [2.75, 3.05) is 18.5 Å². The van der Waals surface area contributed by atoms with Gasteiger partial charge in [-0.1, -0.05) is 0 Å². The molecule has 3 rings (SSSR count). The van der Waals surface area contributed by atoms with E-state index in [0.717, 1.165) is 44.7 Å². The summed E-state index contributed by atoms with van der Waals surface area (Å²) in [4.78, 5) is 12.0. The average molecular weight is 321 g/mol. The van der Waals surface area contributed by atoms with Crippen molar-refractivity contribution in [3.05, 3.63) is 47.8 Å². The number of carbonyl (C=O) groups excluding carboxylic acids is 1. The molecule has 0 radical (unpaired) electrons. The van der Waals surface area contributed by atoms with Gasteiger partial charge in [-0.15, -0.1) is 0 Å². The van der Waals surface area contributed by atoms with Crippen LogP contribution < -0.4 is 5.32 Å². The second-order valence-electron chi connectivity index (χ2n) is 5.59. The Hall–Kier alpha value is -2.28. The molecule has 0 spiro atoms. The summed E-state index contributed by atoms with van der Waals surface area (Å²) in [6.45, 7) is 2.31. The fraction of sp³-hybridized carbons (Fsp3) is 0.375. The predicted molar refractivity (Wildman–Crippen MR) is 80.1 cm³/mol. The molecule has 1 aromatic carbocycles. The molecule has 122 valence electrons. The molecule has 0 atom stereocenters. The Labute approximate surface area is 132 Å². The van der Waals surface area contributed by atoms with Gasteiger partial charge in [0.15, 0.2) is 11.6 Å². The Morgan fingerprint density at radius 3 is 2.83 bits per heavy atom. The molecule has 2 aromatic rings. The van der Waals surface area contributed by atoms with E-state index in [4.69, 9.17) is 4.74 Å². The van der Waals surface area contributed by atoms with Crippen molar-refractivity contribution in [3.63, 3.8) is 0 Å². The van der Waals surface area contributed by atoms with Crippen molar-refractivity contribution in [2.24, 2.45) is 5.92 Å². The molecule has 0 aliphatic carbocycles. The van der Waals surface area contributed by atoms with Gasteiger partial charge in [-0.2, -0.15) is 5.10 Å². The van der Waals surface area contributed by atoms with Crippen LogP contribution in [0.3, 0.4) is 0 Å². The van der Waals surface area contributed by atoms with Crippen LogP contribution in [-0.2, 0) is 11.3 Å². The van der Waals surface area contributed by atoms with Gasteiger partial charge in [0.1, 0.15) is 0 Å². The van der Waals surface area contributed by atoms with Gasteiger partial charge in [0.05, 0.1) is 11.9 Å². The van der Waals surface area contributed by atoms with Crippen molar-refractivity contribution in [1.29, 1.82) is 0 Å². The van der Waals surface area contributed by atoms with E-state index >= 15 is 0 Å². The maximum atomic E-state index is 13.2. The maximum Gasteiger partial charge on any atom is 0.255 e. The number of carbonyl (C=O) groups is 1. The second-order valence-corrected chi connectivity index (χ2v) is 5.59. The van der Waals surface area contributed by atoms with E-state index < -0.39 is 17.5 Å². The summed E-state index contributed by atoms with van der Waals surface area (Å²) in [6.07, 6.45) is 5.26. The molecule has 1 saturated heterocycles. The Balaban J connectivity index is 1.61. The summed E-state index contributed by atoms with van der Waals surface area (Å²) in [5.41, 5.74) is 0.577. The molecular weight excluding hydrogens is 304 g/mol. The number of nitrogens with zero attached hydrogens (tertiary/aromatic N) is 2. The lowest BCUT2D eigenvalue weighted by Crippen LogP contribution is -2.20. The molecule has 5 nitrogen and oxygen atoms in total. The molecule has 1 aromatic heterocycles. The predicted octanol–water partition coefficient (Wildman–Crippen LogP) is 2.84. The lowest BCUT2D eigenvalue weighted by Gasteiger charge is -2.21. The summed E-state index contributed by atoms with van der Waals surface area (Å²) in [5, 5.41) is 6.84. The minimum absolute atomic E-state index is 0.0566. The van der Waals surface area contributed by atoms with Gasteiger partial charge in [0.25, 0.3) is 5.91 Å². The molecule has 0 unspecified atom stereocenters. The minimum atomic E-state index is -1.05. The summed E-state index contributed by atoms with van der Waals surface area (Å²) in [7, 11) is 0. The van der Waals surface area contributed by atoms with Crippen LogP contribution in [0.1, 0.15) is 23.2 Å². The van der Waals surface area contributed by atoms with E-state index in [0.29, 0.717) is 11.6 Å². The summed E-state index contributed by atoms with van der Waals surface area (Å²) in [5.74, 6) is -2.02. The molecule has 7 heteroatoms. The lowest BCUT2D eigenvalue weighted by atomic mass is 10.0. The van der Waals surface area contributed by atoms with Crippen molar-refractivity contribution >= 4 is 11.6 Å². The number of rotatable bonds is 4. The standard InChI is InChI=1S/C16H17F2N3O2/c17-14-2-1-12(7-15(14)18)16(22)20-13-8-19-21(10-13)9-11-3-5-23-6-4-11/h1-2,7-8,10-11H,3-6,9H2,(H,20,22). The molecule has 0 saturated carbocycles. The fourth-order valence-electron chi connectivity index (χ4n) is 2.56. The molecule has 1 fully saturated rings. The highest BCUT2D eigenvalue weighted by Crippen LogP contribution is 2.18. The third-order valence-electron chi connectivity index (χ3n) is 3.86. The van der Waals surface area contributed by atoms with Gasteiger partial charge in [-0.3, -0.25) is 9.48 Å². The highest BCUT2D eigenvalue weighted by Gasteiger charge is 2.15. The molecule has 1 N–H and O–H groups in total. The van der Waals surface area contributed by atoms with E-state index in [1.807, 2.05) is 0 Å². The molecule has 1 amide bonds. The fourth-order valence-corrected chi connectivity index (χ4v) is 2.56. The third kappa shape index (κ3) is 3.92. The Morgan fingerprint density at radius 2 is 2.09 bits per heavy atom. The third-order valence-corrected chi connectivity index (χ3v) is 3.86.